The second-order valence-electron chi connectivity index (χ2n) is 4.36. The minimum Gasteiger partial charge on any atom is -0.394 e. The maximum atomic E-state index is 13.7. The van der Waals surface area contributed by atoms with Crippen LogP contribution >= 0.6 is 0 Å². The van der Waals surface area contributed by atoms with Crippen LogP contribution in [0.3, 0.4) is 0 Å². The number of rotatable bonds is 5. The second-order valence-corrected chi connectivity index (χ2v) is 4.36. The molecule has 6 heteroatoms. The third-order valence-electron chi connectivity index (χ3n) is 3.10. The molecule has 0 aliphatic rings. The third kappa shape index (κ3) is 3.05. The van der Waals surface area contributed by atoms with E-state index in [0.717, 1.165) is 12.1 Å². The minimum absolute atomic E-state index is 0.163. The summed E-state index contributed by atoms with van der Waals surface area (Å²) in [5.41, 5.74) is 0.270. The van der Waals surface area contributed by atoms with Gasteiger partial charge in [-0.15, -0.1) is 0 Å². The van der Waals surface area contributed by atoms with Crippen molar-refractivity contribution in [1.29, 1.82) is 0 Å². The standard InChI is InChI=1S/C15H12F3NO2/c16-11-5-6-12(17)15(18)14(11)10-3-1-9(2-4-10)13(7-20)19-8-21/h1-6,8,13,20H,7H2,(H,19,21). The summed E-state index contributed by atoms with van der Waals surface area (Å²) in [6, 6.07) is 6.74. The Morgan fingerprint density at radius 3 is 2.24 bits per heavy atom. The number of aliphatic hydroxyl groups is 1. The van der Waals surface area contributed by atoms with Crippen molar-refractivity contribution in [1.82, 2.24) is 5.32 Å². The first-order chi connectivity index (χ1) is 10.1. The van der Waals surface area contributed by atoms with Crippen LogP contribution in [0.25, 0.3) is 11.1 Å². The molecule has 2 aromatic carbocycles. The first-order valence-electron chi connectivity index (χ1n) is 6.13. The van der Waals surface area contributed by atoms with Gasteiger partial charge in [-0.1, -0.05) is 24.3 Å². The predicted molar refractivity (Wildman–Crippen MR) is 70.8 cm³/mol. The fraction of sp³-hybridized carbons (Fsp3) is 0.133. The molecule has 0 aliphatic heterocycles. The van der Waals surface area contributed by atoms with Crippen molar-refractivity contribution in [2.45, 2.75) is 6.04 Å². The number of nitrogens with one attached hydrogen (secondary N) is 1. The van der Waals surface area contributed by atoms with E-state index in [2.05, 4.69) is 5.32 Å². The van der Waals surface area contributed by atoms with E-state index >= 15 is 0 Å². The molecule has 2 rings (SSSR count). The number of benzene rings is 2. The molecule has 1 amide bonds. The summed E-state index contributed by atoms with van der Waals surface area (Å²) in [5, 5.41) is 11.5. The minimum atomic E-state index is -1.26. The Bertz CT molecular complexity index is 644. The molecule has 2 aromatic rings. The van der Waals surface area contributed by atoms with Gasteiger partial charge in [-0.2, -0.15) is 0 Å². The van der Waals surface area contributed by atoms with E-state index in [1.165, 1.54) is 24.3 Å². The smallest absolute Gasteiger partial charge is 0.207 e. The zero-order chi connectivity index (χ0) is 15.4. The molecule has 0 saturated heterocycles. The average Bonchev–Trinajstić information content (AvgIpc) is 2.50. The number of amides is 1. The molecule has 0 aliphatic carbocycles. The summed E-state index contributed by atoms with van der Waals surface area (Å²) in [4.78, 5) is 10.4. The van der Waals surface area contributed by atoms with Crippen LogP contribution in [0.1, 0.15) is 11.6 Å². The predicted octanol–water partition coefficient (Wildman–Crippen LogP) is 2.55. The second kappa shape index (κ2) is 6.41. The van der Waals surface area contributed by atoms with Crippen LogP contribution in [0.5, 0.6) is 0 Å². The van der Waals surface area contributed by atoms with Crippen molar-refractivity contribution in [2.24, 2.45) is 0 Å². The molecule has 2 N–H and O–H groups in total. The lowest BCUT2D eigenvalue weighted by Crippen LogP contribution is -2.22. The van der Waals surface area contributed by atoms with E-state index in [4.69, 9.17) is 5.11 Å². The lowest BCUT2D eigenvalue weighted by molar-refractivity contribution is -0.110. The molecule has 3 nitrogen and oxygen atoms in total. The van der Waals surface area contributed by atoms with Gasteiger partial charge in [-0.3, -0.25) is 4.79 Å². The SMILES string of the molecule is O=CNC(CO)c1ccc(-c2c(F)ccc(F)c2F)cc1. The average molecular weight is 295 g/mol. The fourth-order valence-corrected chi connectivity index (χ4v) is 2.01. The highest BCUT2D eigenvalue weighted by atomic mass is 19.2. The lowest BCUT2D eigenvalue weighted by Gasteiger charge is -2.14. The number of halogens is 3. The van der Waals surface area contributed by atoms with Gasteiger partial charge in [0.15, 0.2) is 11.6 Å². The maximum Gasteiger partial charge on any atom is 0.207 e. The highest BCUT2D eigenvalue weighted by Gasteiger charge is 2.16. The van der Waals surface area contributed by atoms with Crippen molar-refractivity contribution in [2.75, 3.05) is 6.61 Å². The fourth-order valence-electron chi connectivity index (χ4n) is 2.01. The van der Waals surface area contributed by atoms with Gasteiger partial charge in [-0.25, -0.2) is 13.2 Å². The summed E-state index contributed by atoms with van der Waals surface area (Å²) in [5.74, 6) is -3.26. The molecule has 0 heterocycles. The lowest BCUT2D eigenvalue weighted by atomic mass is 10.00. The summed E-state index contributed by atoms with van der Waals surface area (Å²) in [6.45, 7) is -0.319. The summed E-state index contributed by atoms with van der Waals surface area (Å²) in [7, 11) is 0. The van der Waals surface area contributed by atoms with Crippen molar-refractivity contribution in [3.63, 3.8) is 0 Å². The van der Waals surface area contributed by atoms with Crippen LogP contribution in [-0.2, 0) is 4.79 Å². The third-order valence-corrected chi connectivity index (χ3v) is 3.10. The van der Waals surface area contributed by atoms with Gasteiger partial charge < -0.3 is 10.4 Å². The van der Waals surface area contributed by atoms with Gasteiger partial charge >= 0.3 is 0 Å². The Labute approximate surface area is 119 Å². The van der Waals surface area contributed by atoms with Gasteiger partial charge in [0.1, 0.15) is 5.82 Å². The highest BCUT2D eigenvalue weighted by Crippen LogP contribution is 2.28. The molecular weight excluding hydrogens is 283 g/mol. The molecule has 0 bridgehead atoms. The molecule has 21 heavy (non-hydrogen) atoms. The first kappa shape index (κ1) is 15.1. The number of aliphatic hydroxyl groups excluding tert-OH is 1. The molecule has 1 unspecified atom stereocenters. The normalized spacial score (nSPS) is 12.0. The van der Waals surface area contributed by atoms with Crippen LogP contribution < -0.4 is 5.32 Å². The van der Waals surface area contributed by atoms with E-state index in [-0.39, 0.29) is 12.2 Å². The van der Waals surface area contributed by atoms with Crippen LogP contribution in [0.2, 0.25) is 0 Å². The van der Waals surface area contributed by atoms with Crippen molar-refractivity contribution >= 4 is 6.41 Å². The van der Waals surface area contributed by atoms with Crippen LogP contribution in [0.15, 0.2) is 36.4 Å². The number of carbonyl (C=O) groups excluding carboxylic acids is 1. The van der Waals surface area contributed by atoms with Gasteiger partial charge in [-0.05, 0) is 23.3 Å². The molecule has 0 spiro atoms. The number of hydrogen-bond acceptors (Lipinski definition) is 2. The number of carbonyl (C=O) groups is 1. The quantitative estimate of drug-likeness (QED) is 0.658. The molecule has 0 aromatic heterocycles. The number of hydrogen-bond donors (Lipinski definition) is 2. The molecule has 1 atom stereocenters. The van der Waals surface area contributed by atoms with E-state index < -0.39 is 29.1 Å². The molecule has 0 saturated carbocycles. The van der Waals surface area contributed by atoms with E-state index in [1.54, 1.807) is 0 Å². The summed E-state index contributed by atoms with van der Waals surface area (Å²) < 4.78 is 40.5. The molecular formula is C15H12F3NO2. The Hall–Kier alpha value is -2.34. The Kier molecular flexibility index (Phi) is 4.59. The molecule has 0 fully saturated rings. The largest absolute Gasteiger partial charge is 0.394 e. The summed E-state index contributed by atoms with van der Waals surface area (Å²) in [6.07, 6.45) is 0.445. The van der Waals surface area contributed by atoms with E-state index in [1.807, 2.05) is 0 Å². The molecule has 0 radical (unpaired) electrons. The van der Waals surface area contributed by atoms with Gasteiger partial charge in [0.25, 0.3) is 0 Å². The molecule has 110 valence electrons. The van der Waals surface area contributed by atoms with Crippen LogP contribution in [-0.4, -0.2) is 18.1 Å². The zero-order valence-corrected chi connectivity index (χ0v) is 10.8. The maximum absolute atomic E-state index is 13.7. The first-order valence-corrected chi connectivity index (χ1v) is 6.13. The van der Waals surface area contributed by atoms with Crippen LogP contribution in [0, 0.1) is 17.5 Å². The topological polar surface area (TPSA) is 49.3 Å². The highest BCUT2D eigenvalue weighted by molar-refractivity contribution is 5.65. The summed E-state index contributed by atoms with van der Waals surface area (Å²) >= 11 is 0. The van der Waals surface area contributed by atoms with Crippen molar-refractivity contribution in [3.05, 3.63) is 59.4 Å². The van der Waals surface area contributed by atoms with Crippen molar-refractivity contribution < 1.29 is 23.1 Å². The van der Waals surface area contributed by atoms with E-state index in [0.29, 0.717) is 12.0 Å². The van der Waals surface area contributed by atoms with Crippen LogP contribution in [0.4, 0.5) is 13.2 Å². The monoisotopic (exact) mass is 295 g/mol. The Balaban J connectivity index is 2.40. The van der Waals surface area contributed by atoms with Gasteiger partial charge in [0.2, 0.25) is 6.41 Å². The van der Waals surface area contributed by atoms with E-state index in [9.17, 15) is 18.0 Å². The van der Waals surface area contributed by atoms with Crippen molar-refractivity contribution in [3.8, 4) is 11.1 Å². The van der Waals surface area contributed by atoms with Gasteiger partial charge in [0, 0.05) is 0 Å². The Morgan fingerprint density at radius 1 is 1.05 bits per heavy atom. The zero-order valence-electron chi connectivity index (χ0n) is 10.8. The Morgan fingerprint density at radius 2 is 1.67 bits per heavy atom. The van der Waals surface area contributed by atoms with Gasteiger partial charge in [0.05, 0.1) is 18.2 Å².